The van der Waals surface area contributed by atoms with Crippen molar-refractivity contribution >= 4 is 29.1 Å². The van der Waals surface area contributed by atoms with Crippen molar-refractivity contribution in [3.63, 3.8) is 0 Å². The zero-order valence-electron chi connectivity index (χ0n) is 14.0. The lowest BCUT2D eigenvalue weighted by molar-refractivity contribution is 0.0918. The molecule has 0 atom stereocenters. The maximum Gasteiger partial charge on any atom is 0.287 e. The normalized spacial score (nSPS) is 10.7. The number of furan rings is 1. The third-order valence-corrected chi connectivity index (χ3v) is 4.21. The van der Waals surface area contributed by atoms with Gasteiger partial charge in [-0.25, -0.2) is 0 Å². The smallest absolute Gasteiger partial charge is 0.287 e. The SMILES string of the molecule is CCn1nccc1CNC(=O)c1ccc(COc2ccc(Cl)cc2Cl)o1. The number of amides is 1. The van der Waals surface area contributed by atoms with Crippen LogP contribution in [0.4, 0.5) is 0 Å². The van der Waals surface area contributed by atoms with Crippen molar-refractivity contribution in [3.05, 3.63) is 69.9 Å². The van der Waals surface area contributed by atoms with Crippen LogP contribution in [0.5, 0.6) is 5.75 Å². The van der Waals surface area contributed by atoms with Crippen LogP contribution in [-0.4, -0.2) is 15.7 Å². The van der Waals surface area contributed by atoms with E-state index in [1.807, 2.05) is 17.7 Å². The van der Waals surface area contributed by atoms with Crippen LogP contribution in [0.2, 0.25) is 10.0 Å². The Morgan fingerprint density at radius 1 is 1.27 bits per heavy atom. The van der Waals surface area contributed by atoms with E-state index in [2.05, 4.69) is 10.4 Å². The van der Waals surface area contributed by atoms with Crippen LogP contribution >= 0.6 is 23.2 Å². The summed E-state index contributed by atoms with van der Waals surface area (Å²) in [6.07, 6.45) is 1.70. The van der Waals surface area contributed by atoms with Crippen LogP contribution in [0.15, 0.2) is 47.0 Å². The molecule has 0 bridgehead atoms. The number of carbonyl (C=O) groups is 1. The second-order valence-electron chi connectivity index (χ2n) is 5.45. The summed E-state index contributed by atoms with van der Waals surface area (Å²) in [4.78, 5) is 12.2. The molecule has 0 fully saturated rings. The molecule has 1 N–H and O–H groups in total. The zero-order valence-corrected chi connectivity index (χ0v) is 15.5. The fourth-order valence-electron chi connectivity index (χ4n) is 2.37. The quantitative estimate of drug-likeness (QED) is 0.648. The summed E-state index contributed by atoms with van der Waals surface area (Å²) in [7, 11) is 0. The Balaban J connectivity index is 1.56. The number of hydrogen-bond acceptors (Lipinski definition) is 4. The summed E-state index contributed by atoms with van der Waals surface area (Å²) in [5.74, 6) is 0.920. The average Bonchev–Trinajstić information content (AvgIpc) is 3.28. The summed E-state index contributed by atoms with van der Waals surface area (Å²) in [6.45, 7) is 3.26. The molecule has 8 heteroatoms. The van der Waals surface area contributed by atoms with Gasteiger partial charge in [-0.15, -0.1) is 0 Å². The highest BCUT2D eigenvalue weighted by Crippen LogP contribution is 2.28. The second-order valence-corrected chi connectivity index (χ2v) is 6.29. The molecule has 1 amide bonds. The van der Waals surface area contributed by atoms with E-state index in [4.69, 9.17) is 32.4 Å². The van der Waals surface area contributed by atoms with Gasteiger partial charge in [0, 0.05) is 17.8 Å². The number of aryl methyl sites for hydroxylation is 1. The molecule has 0 spiro atoms. The fourth-order valence-corrected chi connectivity index (χ4v) is 2.83. The van der Waals surface area contributed by atoms with Gasteiger partial charge < -0.3 is 14.5 Å². The summed E-state index contributed by atoms with van der Waals surface area (Å²) < 4.78 is 12.9. The lowest BCUT2D eigenvalue weighted by Crippen LogP contribution is -2.24. The Morgan fingerprint density at radius 2 is 2.12 bits per heavy atom. The van der Waals surface area contributed by atoms with Gasteiger partial charge in [-0.05, 0) is 43.3 Å². The van der Waals surface area contributed by atoms with Crippen LogP contribution in [0.3, 0.4) is 0 Å². The number of hydrogen-bond donors (Lipinski definition) is 1. The standard InChI is InChI=1S/C18H17Cl2N3O3/c1-2-23-13(7-8-22-23)10-21-18(24)17-6-4-14(26-17)11-25-16-5-3-12(19)9-15(16)20/h3-9H,2,10-11H2,1H3,(H,21,24). The lowest BCUT2D eigenvalue weighted by Gasteiger charge is -2.07. The molecule has 0 aliphatic rings. The van der Waals surface area contributed by atoms with Crippen LogP contribution in [-0.2, 0) is 19.7 Å². The van der Waals surface area contributed by atoms with Gasteiger partial charge >= 0.3 is 0 Å². The highest BCUT2D eigenvalue weighted by molar-refractivity contribution is 6.35. The topological polar surface area (TPSA) is 69.3 Å². The Labute approximate surface area is 160 Å². The molecule has 1 aromatic carbocycles. The van der Waals surface area contributed by atoms with E-state index < -0.39 is 0 Å². The average molecular weight is 394 g/mol. The number of carbonyl (C=O) groups excluding carboxylic acids is 1. The van der Waals surface area contributed by atoms with E-state index in [0.29, 0.717) is 28.1 Å². The van der Waals surface area contributed by atoms with Crippen molar-refractivity contribution in [1.29, 1.82) is 0 Å². The van der Waals surface area contributed by atoms with Crippen molar-refractivity contribution in [1.82, 2.24) is 15.1 Å². The molecule has 0 aliphatic carbocycles. The van der Waals surface area contributed by atoms with E-state index in [-0.39, 0.29) is 18.3 Å². The van der Waals surface area contributed by atoms with Gasteiger partial charge in [-0.3, -0.25) is 9.48 Å². The Morgan fingerprint density at radius 3 is 2.88 bits per heavy atom. The molecular weight excluding hydrogens is 377 g/mol. The summed E-state index contributed by atoms with van der Waals surface area (Å²) in [6, 6.07) is 10.1. The predicted octanol–water partition coefficient (Wildman–Crippen LogP) is 4.31. The summed E-state index contributed by atoms with van der Waals surface area (Å²) in [5, 5.41) is 7.91. The van der Waals surface area contributed by atoms with Crippen molar-refractivity contribution in [2.24, 2.45) is 0 Å². The summed E-state index contributed by atoms with van der Waals surface area (Å²) >= 11 is 11.9. The van der Waals surface area contributed by atoms with Gasteiger partial charge in [-0.1, -0.05) is 23.2 Å². The first-order valence-corrected chi connectivity index (χ1v) is 8.78. The Kier molecular flexibility index (Phi) is 5.85. The van der Waals surface area contributed by atoms with Crippen molar-refractivity contribution in [2.75, 3.05) is 0 Å². The fraction of sp³-hybridized carbons (Fsp3) is 0.222. The number of nitrogens with one attached hydrogen (secondary N) is 1. The first kappa shape index (κ1) is 18.4. The highest BCUT2D eigenvalue weighted by Gasteiger charge is 2.13. The van der Waals surface area contributed by atoms with Gasteiger partial charge in [0.25, 0.3) is 5.91 Å². The predicted molar refractivity (Wildman–Crippen MR) is 98.6 cm³/mol. The van der Waals surface area contributed by atoms with E-state index in [0.717, 1.165) is 12.2 Å². The first-order valence-electron chi connectivity index (χ1n) is 8.02. The van der Waals surface area contributed by atoms with Crippen LogP contribution < -0.4 is 10.1 Å². The maximum absolute atomic E-state index is 12.2. The molecule has 136 valence electrons. The van der Waals surface area contributed by atoms with Crippen molar-refractivity contribution in [2.45, 2.75) is 26.6 Å². The van der Waals surface area contributed by atoms with Crippen molar-refractivity contribution < 1.29 is 13.9 Å². The van der Waals surface area contributed by atoms with Gasteiger partial charge in [-0.2, -0.15) is 5.10 Å². The van der Waals surface area contributed by atoms with Crippen LogP contribution in [0.1, 0.15) is 28.9 Å². The molecular formula is C18H17Cl2N3O3. The zero-order chi connectivity index (χ0) is 18.5. The molecule has 0 aliphatic heterocycles. The molecule has 2 aromatic heterocycles. The van der Waals surface area contributed by atoms with Crippen LogP contribution in [0, 0.1) is 0 Å². The molecule has 0 radical (unpaired) electrons. The largest absolute Gasteiger partial charge is 0.484 e. The first-order chi connectivity index (χ1) is 12.6. The van der Waals surface area contributed by atoms with Gasteiger partial charge in [0.2, 0.25) is 0 Å². The minimum absolute atomic E-state index is 0.150. The molecule has 26 heavy (non-hydrogen) atoms. The van der Waals surface area contributed by atoms with Gasteiger partial charge in [0.15, 0.2) is 5.76 Å². The van der Waals surface area contributed by atoms with Crippen LogP contribution in [0.25, 0.3) is 0 Å². The monoisotopic (exact) mass is 393 g/mol. The molecule has 0 unspecified atom stereocenters. The molecule has 3 rings (SSSR count). The van der Waals surface area contributed by atoms with E-state index >= 15 is 0 Å². The van der Waals surface area contributed by atoms with E-state index in [9.17, 15) is 4.79 Å². The Hall–Kier alpha value is -2.44. The molecule has 0 saturated carbocycles. The maximum atomic E-state index is 12.2. The Bertz CT molecular complexity index is 905. The lowest BCUT2D eigenvalue weighted by atomic mass is 10.3. The number of halogens is 2. The van der Waals surface area contributed by atoms with E-state index in [1.165, 1.54) is 0 Å². The van der Waals surface area contributed by atoms with E-state index in [1.54, 1.807) is 36.5 Å². The number of benzene rings is 1. The molecule has 2 heterocycles. The van der Waals surface area contributed by atoms with Crippen molar-refractivity contribution in [3.8, 4) is 5.75 Å². The minimum Gasteiger partial charge on any atom is -0.484 e. The number of aromatic nitrogens is 2. The molecule has 0 saturated heterocycles. The highest BCUT2D eigenvalue weighted by atomic mass is 35.5. The number of ether oxygens (including phenoxy) is 1. The minimum atomic E-state index is -0.301. The van der Waals surface area contributed by atoms with Gasteiger partial charge in [0.05, 0.1) is 17.3 Å². The van der Waals surface area contributed by atoms with Gasteiger partial charge in [0.1, 0.15) is 18.1 Å². The third-order valence-electron chi connectivity index (χ3n) is 3.68. The molecule has 6 nitrogen and oxygen atoms in total. The number of nitrogens with zero attached hydrogens (tertiary/aromatic N) is 2. The number of rotatable bonds is 7. The molecule has 3 aromatic rings. The summed E-state index contributed by atoms with van der Waals surface area (Å²) in [5.41, 5.74) is 0.924. The second kappa shape index (κ2) is 8.29. The third kappa shape index (κ3) is 4.39.